The number of anilines is 4. The minimum absolute atomic E-state index is 0.0851. The van der Waals surface area contributed by atoms with Gasteiger partial charge in [0.2, 0.25) is 11.9 Å². The Kier molecular flexibility index (Phi) is 8.03. The van der Waals surface area contributed by atoms with E-state index in [9.17, 15) is 14.4 Å². The molecular formula is C27H34N8O4. The molecule has 2 aromatic carbocycles. The summed E-state index contributed by atoms with van der Waals surface area (Å²) >= 11 is 0. The number of nitrogens with zero attached hydrogens (tertiary/aromatic N) is 4. The molecule has 1 fully saturated rings. The monoisotopic (exact) mass is 534 g/mol. The van der Waals surface area contributed by atoms with Gasteiger partial charge in [0.05, 0.1) is 0 Å². The number of nitrogens with two attached hydrogens (primary N) is 1. The molecule has 2 heterocycles. The van der Waals surface area contributed by atoms with Gasteiger partial charge >= 0.3 is 12.1 Å². The van der Waals surface area contributed by atoms with E-state index in [-0.39, 0.29) is 29.8 Å². The fourth-order valence-corrected chi connectivity index (χ4v) is 4.26. The van der Waals surface area contributed by atoms with Crippen LogP contribution in [0.1, 0.15) is 55.5 Å². The molecule has 1 aromatic heterocycles. The Balaban J connectivity index is 1.36. The molecule has 4 rings (SSSR count). The summed E-state index contributed by atoms with van der Waals surface area (Å²) in [4.78, 5) is 42.9. The molecule has 1 unspecified atom stereocenters. The molecule has 1 aliphatic rings. The minimum atomic E-state index is -0.565. The SMILES string of the molecule is CNC(=O)c1ccc(Nc2nc(N)n(C(=O)Nc3ccc(C4CCCN(C(=O)OC(C)(C)C)C4)cc3)n2)cc1. The lowest BCUT2D eigenvalue weighted by atomic mass is 9.91. The van der Waals surface area contributed by atoms with E-state index in [1.54, 1.807) is 48.3 Å². The number of benzene rings is 2. The zero-order valence-electron chi connectivity index (χ0n) is 22.5. The first-order chi connectivity index (χ1) is 18.5. The van der Waals surface area contributed by atoms with Gasteiger partial charge in [-0.3, -0.25) is 4.79 Å². The van der Waals surface area contributed by atoms with Gasteiger partial charge in [-0.05, 0) is 75.6 Å². The summed E-state index contributed by atoms with van der Waals surface area (Å²) in [7, 11) is 1.56. The van der Waals surface area contributed by atoms with Crippen molar-refractivity contribution in [1.82, 2.24) is 25.0 Å². The molecular weight excluding hydrogens is 500 g/mol. The largest absolute Gasteiger partial charge is 0.444 e. The van der Waals surface area contributed by atoms with Crippen molar-refractivity contribution in [3.63, 3.8) is 0 Å². The van der Waals surface area contributed by atoms with Crippen LogP contribution >= 0.6 is 0 Å². The summed E-state index contributed by atoms with van der Waals surface area (Å²) in [6.45, 7) is 6.84. The molecule has 1 aliphatic heterocycles. The van der Waals surface area contributed by atoms with E-state index in [4.69, 9.17) is 10.5 Å². The number of amides is 3. The number of carbonyl (C=O) groups is 3. The molecule has 1 saturated heterocycles. The topological polar surface area (TPSA) is 156 Å². The summed E-state index contributed by atoms with van der Waals surface area (Å²) in [6.07, 6.45) is 1.56. The third kappa shape index (κ3) is 7.03. The van der Waals surface area contributed by atoms with Crippen molar-refractivity contribution in [3.05, 3.63) is 59.7 Å². The lowest BCUT2D eigenvalue weighted by molar-refractivity contribution is 0.0198. The molecule has 0 spiro atoms. The second-order valence-electron chi connectivity index (χ2n) is 10.3. The number of piperidine rings is 1. The van der Waals surface area contributed by atoms with Crippen molar-refractivity contribution in [2.24, 2.45) is 0 Å². The van der Waals surface area contributed by atoms with Crippen LogP contribution in [0, 0.1) is 0 Å². The van der Waals surface area contributed by atoms with Crippen LogP contribution < -0.4 is 21.7 Å². The fourth-order valence-electron chi connectivity index (χ4n) is 4.26. The highest BCUT2D eigenvalue weighted by molar-refractivity contribution is 5.94. The molecule has 5 N–H and O–H groups in total. The van der Waals surface area contributed by atoms with Gasteiger partial charge in [-0.25, -0.2) is 9.59 Å². The second kappa shape index (κ2) is 11.4. The average molecular weight is 535 g/mol. The Labute approximate surface area is 226 Å². The van der Waals surface area contributed by atoms with Crippen molar-refractivity contribution < 1.29 is 19.1 Å². The van der Waals surface area contributed by atoms with E-state index >= 15 is 0 Å². The van der Waals surface area contributed by atoms with Crippen molar-refractivity contribution in [2.45, 2.75) is 45.1 Å². The normalized spacial score (nSPS) is 15.4. The molecule has 0 aliphatic carbocycles. The van der Waals surface area contributed by atoms with Gasteiger partial charge in [-0.2, -0.15) is 4.98 Å². The standard InChI is InChI=1S/C27H34N8O4/c1-27(2,3)39-26(38)34-15-5-6-19(16-34)17-7-11-21(12-8-17)31-25(37)35-23(28)32-24(33-35)30-20-13-9-18(10-14-20)22(36)29-4/h7-14,19H,5-6,15-16H2,1-4H3,(H,29,36)(H,31,37)(H3,28,30,32,33). The Morgan fingerprint density at radius 3 is 2.33 bits per heavy atom. The molecule has 3 amide bonds. The third-order valence-electron chi connectivity index (χ3n) is 6.16. The van der Waals surface area contributed by atoms with Crippen LogP contribution in [0.4, 0.5) is 32.9 Å². The first-order valence-corrected chi connectivity index (χ1v) is 12.7. The molecule has 3 aromatic rings. The van der Waals surface area contributed by atoms with Gasteiger partial charge in [0.1, 0.15) is 5.60 Å². The lowest BCUT2D eigenvalue weighted by Gasteiger charge is -2.34. The van der Waals surface area contributed by atoms with Gasteiger partial charge in [0, 0.05) is 43.0 Å². The number of hydrogen-bond donors (Lipinski definition) is 4. The van der Waals surface area contributed by atoms with Crippen LogP contribution in [0.3, 0.4) is 0 Å². The maximum absolute atomic E-state index is 12.8. The van der Waals surface area contributed by atoms with Crippen LogP contribution in [0.15, 0.2) is 48.5 Å². The zero-order chi connectivity index (χ0) is 28.2. The number of carbonyl (C=O) groups excluding carboxylic acids is 3. The number of likely N-dealkylation sites (tertiary alicyclic amines) is 1. The van der Waals surface area contributed by atoms with E-state index < -0.39 is 11.6 Å². The highest BCUT2D eigenvalue weighted by Crippen LogP contribution is 2.29. The number of hydrogen-bond acceptors (Lipinski definition) is 8. The summed E-state index contributed by atoms with van der Waals surface area (Å²) in [6, 6.07) is 13.6. The Morgan fingerprint density at radius 1 is 1.03 bits per heavy atom. The molecule has 0 radical (unpaired) electrons. The maximum atomic E-state index is 12.8. The second-order valence-corrected chi connectivity index (χ2v) is 10.3. The van der Waals surface area contributed by atoms with Crippen molar-refractivity contribution in [2.75, 3.05) is 36.5 Å². The van der Waals surface area contributed by atoms with E-state index in [1.807, 2.05) is 32.9 Å². The number of nitrogens with one attached hydrogen (secondary N) is 3. The summed E-state index contributed by atoms with van der Waals surface area (Å²) in [5.74, 6) is 0.0380. The Bertz CT molecular complexity index is 1330. The smallest absolute Gasteiger partial charge is 0.410 e. The highest BCUT2D eigenvalue weighted by atomic mass is 16.6. The summed E-state index contributed by atoms with van der Waals surface area (Å²) in [5.41, 5.74) is 8.17. The van der Waals surface area contributed by atoms with Crippen LogP contribution in [-0.4, -0.2) is 63.4 Å². The Morgan fingerprint density at radius 2 is 1.69 bits per heavy atom. The van der Waals surface area contributed by atoms with Crippen molar-refractivity contribution in [3.8, 4) is 0 Å². The van der Waals surface area contributed by atoms with Crippen molar-refractivity contribution in [1.29, 1.82) is 0 Å². The molecule has 0 bridgehead atoms. The molecule has 39 heavy (non-hydrogen) atoms. The van der Waals surface area contributed by atoms with Gasteiger partial charge in [-0.1, -0.05) is 12.1 Å². The molecule has 206 valence electrons. The van der Waals surface area contributed by atoms with Crippen LogP contribution in [0.2, 0.25) is 0 Å². The van der Waals surface area contributed by atoms with Crippen LogP contribution in [-0.2, 0) is 4.74 Å². The summed E-state index contributed by atoms with van der Waals surface area (Å²) < 4.78 is 6.49. The predicted molar refractivity (Wildman–Crippen MR) is 148 cm³/mol. The number of aromatic nitrogens is 3. The maximum Gasteiger partial charge on any atom is 0.410 e. The predicted octanol–water partition coefficient (Wildman–Crippen LogP) is 4.16. The Hall–Kier alpha value is -4.61. The molecule has 12 nitrogen and oxygen atoms in total. The van der Waals surface area contributed by atoms with E-state index in [2.05, 4.69) is 26.0 Å². The van der Waals surface area contributed by atoms with Gasteiger partial charge < -0.3 is 31.3 Å². The van der Waals surface area contributed by atoms with E-state index in [0.29, 0.717) is 30.0 Å². The first kappa shape index (κ1) is 27.4. The minimum Gasteiger partial charge on any atom is -0.444 e. The lowest BCUT2D eigenvalue weighted by Crippen LogP contribution is -2.42. The fraction of sp³-hybridized carbons (Fsp3) is 0.370. The number of ether oxygens (including phenoxy) is 1. The van der Waals surface area contributed by atoms with Crippen molar-refractivity contribution >= 4 is 41.3 Å². The first-order valence-electron chi connectivity index (χ1n) is 12.7. The molecule has 0 saturated carbocycles. The molecule has 12 heteroatoms. The van der Waals surface area contributed by atoms with Crippen LogP contribution in [0.5, 0.6) is 0 Å². The number of rotatable bonds is 5. The van der Waals surface area contributed by atoms with Gasteiger partial charge in [0.25, 0.3) is 5.91 Å². The number of nitrogen functional groups attached to an aromatic ring is 1. The van der Waals surface area contributed by atoms with E-state index in [0.717, 1.165) is 23.1 Å². The van der Waals surface area contributed by atoms with Gasteiger partial charge in [-0.15, -0.1) is 9.78 Å². The quantitative estimate of drug-likeness (QED) is 0.380. The van der Waals surface area contributed by atoms with Crippen LogP contribution in [0.25, 0.3) is 0 Å². The van der Waals surface area contributed by atoms with E-state index in [1.165, 1.54) is 0 Å². The highest BCUT2D eigenvalue weighted by Gasteiger charge is 2.28. The third-order valence-corrected chi connectivity index (χ3v) is 6.16. The summed E-state index contributed by atoms with van der Waals surface area (Å²) in [5, 5.41) is 12.4. The average Bonchev–Trinajstić information content (AvgIpc) is 3.28. The molecule has 1 atom stereocenters. The van der Waals surface area contributed by atoms with Gasteiger partial charge in [0.15, 0.2) is 0 Å². The zero-order valence-corrected chi connectivity index (χ0v) is 22.5.